The number of hydrogen-bond donors (Lipinski definition) is 2. The van der Waals surface area contributed by atoms with Crippen LogP contribution in [0.3, 0.4) is 0 Å². The van der Waals surface area contributed by atoms with Gasteiger partial charge >= 0.3 is 0 Å². The third-order valence-corrected chi connectivity index (χ3v) is 5.01. The molecule has 0 radical (unpaired) electrons. The van der Waals surface area contributed by atoms with Gasteiger partial charge in [0, 0.05) is 11.3 Å². The average Bonchev–Trinajstić information content (AvgIpc) is 3.12. The summed E-state index contributed by atoms with van der Waals surface area (Å²) in [7, 11) is 0. The molecule has 8 heteroatoms. The highest BCUT2D eigenvalue weighted by atomic mass is 32.2. The van der Waals surface area contributed by atoms with Gasteiger partial charge in [-0.2, -0.15) is 4.99 Å². The Morgan fingerprint density at radius 2 is 1.78 bits per heavy atom. The molecule has 0 aliphatic carbocycles. The molecule has 0 unspecified atom stereocenters. The molecule has 0 fully saturated rings. The molecule has 3 N–H and O–H groups in total. The second-order valence-electron chi connectivity index (χ2n) is 5.88. The lowest BCUT2D eigenvalue weighted by Crippen LogP contribution is -2.35. The molecular formula is C19H14N4O3S. The van der Waals surface area contributed by atoms with Crippen LogP contribution in [0.2, 0.25) is 0 Å². The van der Waals surface area contributed by atoms with Crippen molar-refractivity contribution in [3.05, 3.63) is 65.1 Å². The van der Waals surface area contributed by atoms with Gasteiger partial charge in [0.1, 0.15) is 6.54 Å². The van der Waals surface area contributed by atoms with Gasteiger partial charge in [0.05, 0.1) is 16.2 Å². The molecule has 0 bridgehead atoms. The van der Waals surface area contributed by atoms with Crippen molar-refractivity contribution in [1.82, 2.24) is 0 Å². The highest BCUT2D eigenvalue weighted by Gasteiger charge is 2.39. The highest BCUT2D eigenvalue weighted by Crippen LogP contribution is 2.42. The van der Waals surface area contributed by atoms with Gasteiger partial charge in [-0.1, -0.05) is 36.4 Å². The van der Waals surface area contributed by atoms with Crippen molar-refractivity contribution in [3.8, 4) is 0 Å². The van der Waals surface area contributed by atoms with E-state index in [1.54, 1.807) is 36.4 Å². The molecule has 0 atom stereocenters. The molecule has 0 aromatic heterocycles. The minimum atomic E-state index is -0.536. The Labute approximate surface area is 158 Å². The third kappa shape index (κ3) is 3.11. The Morgan fingerprint density at radius 1 is 1.07 bits per heavy atom. The molecule has 0 saturated carbocycles. The van der Waals surface area contributed by atoms with Crippen LogP contribution in [0.25, 0.3) is 5.57 Å². The van der Waals surface area contributed by atoms with Gasteiger partial charge in [0.25, 0.3) is 11.8 Å². The smallest absolute Gasteiger partial charge is 0.287 e. The molecular weight excluding hydrogens is 364 g/mol. The first-order chi connectivity index (χ1) is 13.0. The Hall–Kier alpha value is -3.39. The standard InChI is InChI=1S/C19H14N4O3S/c20-19-22-17(25)16(27-19)15-12-8-4-5-9-13(12)23(18(15)26)10-14(24)21-11-6-2-1-3-7-11/h1-9H,10H2,(H,21,24)(H2,20,22,25)/b16-15+. The average molecular weight is 378 g/mol. The van der Waals surface area contributed by atoms with Crippen LogP contribution in [0.4, 0.5) is 11.4 Å². The fourth-order valence-electron chi connectivity index (χ4n) is 3.00. The molecule has 134 valence electrons. The van der Waals surface area contributed by atoms with Crippen LogP contribution in [-0.2, 0) is 14.4 Å². The number of nitrogens with zero attached hydrogens (tertiary/aromatic N) is 2. The molecule has 0 saturated heterocycles. The number of para-hydroxylation sites is 2. The summed E-state index contributed by atoms with van der Waals surface area (Å²) < 4.78 is 0. The zero-order chi connectivity index (χ0) is 19.0. The van der Waals surface area contributed by atoms with E-state index in [0.717, 1.165) is 11.8 Å². The second-order valence-corrected chi connectivity index (χ2v) is 6.91. The quantitative estimate of drug-likeness (QED) is 0.795. The maximum Gasteiger partial charge on any atom is 0.287 e. The number of carbonyl (C=O) groups is 3. The van der Waals surface area contributed by atoms with Crippen LogP contribution in [0.1, 0.15) is 5.56 Å². The molecule has 27 heavy (non-hydrogen) atoms. The first-order valence-electron chi connectivity index (χ1n) is 8.11. The van der Waals surface area contributed by atoms with E-state index in [0.29, 0.717) is 16.9 Å². The number of anilines is 2. The van der Waals surface area contributed by atoms with Gasteiger partial charge in [0.2, 0.25) is 5.91 Å². The fraction of sp³-hybridized carbons (Fsp3) is 0.0526. The summed E-state index contributed by atoms with van der Waals surface area (Å²) in [6, 6.07) is 16.0. The zero-order valence-electron chi connectivity index (χ0n) is 14.0. The minimum absolute atomic E-state index is 0.105. The van der Waals surface area contributed by atoms with Crippen molar-refractivity contribution in [2.75, 3.05) is 16.8 Å². The number of aliphatic imine (C=N–C) groups is 1. The summed E-state index contributed by atoms with van der Waals surface area (Å²) in [5, 5.41) is 2.86. The van der Waals surface area contributed by atoms with E-state index in [1.165, 1.54) is 4.90 Å². The summed E-state index contributed by atoms with van der Waals surface area (Å²) in [6.07, 6.45) is 0. The summed E-state index contributed by atoms with van der Waals surface area (Å²) >= 11 is 0.972. The number of carbonyl (C=O) groups excluding carboxylic acids is 3. The Bertz CT molecular complexity index is 1030. The van der Waals surface area contributed by atoms with Crippen LogP contribution < -0.4 is 16.0 Å². The van der Waals surface area contributed by atoms with E-state index >= 15 is 0 Å². The van der Waals surface area contributed by atoms with E-state index in [9.17, 15) is 14.4 Å². The number of nitrogens with one attached hydrogen (secondary N) is 1. The summed E-state index contributed by atoms with van der Waals surface area (Å²) in [4.78, 5) is 42.8. The van der Waals surface area contributed by atoms with E-state index in [4.69, 9.17) is 5.73 Å². The SMILES string of the molecule is NC1=NC(=O)/C(=C2\C(=O)N(CC(=O)Nc3ccccc3)c3ccccc32)S1. The minimum Gasteiger partial charge on any atom is -0.378 e. The topological polar surface area (TPSA) is 105 Å². The zero-order valence-corrected chi connectivity index (χ0v) is 14.8. The molecule has 2 aromatic carbocycles. The molecule has 3 amide bonds. The number of hydrogen-bond acceptors (Lipinski definition) is 5. The molecule has 2 aliphatic heterocycles. The van der Waals surface area contributed by atoms with E-state index in [1.807, 2.05) is 18.2 Å². The number of nitrogens with two attached hydrogens (primary N) is 1. The molecule has 2 aliphatic rings. The number of fused-ring (bicyclic) bond motifs is 1. The van der Waals surface area contributed by atoms with Crippen LogP contribution >= 0.6 is 11.8 Å². The molecule has 7 nitrogen and oxygen atoms in total. The number of amidine groups is 1. The monoisotopic (exact) mass is 378 g/mol. The number of benzene rings is 2. The Balaban J connectivity index is 1.65. The summed E-state index contributed by atoms with van der Waals surface area (Å²) in [5.41, 5.74) is 7.66. The molecule has 2 heterocycles. The largest absolute Gasteiger partial charge is 0.378 e. The van der Waals surface area contributed by atoms with Crippen LogP contribution in [-0.4, -0.2) is 29.4 Å². The normalized spacial score (nSPS) is 18.5. The van der Waals surface area contributed by atoms with Crippen molar-refractivity contribution in [2.24, 2.45) is 10.7 Å². The number of amides is 3. The molecule has 2 aromatic rings. The molecule has 4 rings (SSSR count). The summed E-state index contributed by atoms with van der Waals surface area (Å²) in [5.74, 6) is -1.29. The molecule has 0 spiro atoms. The van der Waals surface area contributed by atoms with Gasteiger partial charge in [-0.15, -0.1) is 0 Å². The number of thioether (sulfide) groups is 1. The van der Waals surface area contributed by atoms with Gasteiger partial charge < -0.3 is 11.1 Å². The second kappa shape index (κ2) is 6.73. The Kier molecular flexibility index (Phi) is 4.25. The predicted molar refractivity (Wildman–Crippen MR) is 105 cm³/mol. The van der Waals surface area contributed by atoms with E-state index in [2.05, 4.69) is 10.3 Å². The third-order valence-electron chi connectivity index (χ3n) is 4.12. The lowest BCUT2D eigenvalue weighted by molar-refractivity contribution is -0.118. The number of rotatable bonds is 3. The van der Waals surface area contributed by atoms with Gasteiger partial charge in [0.15, 0.2) is 5.17 Å². The first kappa shape index (κ1) is 17.0. The highest BCUT2D eigenvalue weighted by molar-refractivity contribution is 8.18. The van der Waals surface area contributed by atoms with Crippen molar-refractivity contribution in [3.63, 3.8) is 0 Å². The van der Waals surface area contributed by atoms with Crippen LogP contribution in [0.15, 0.2) is 64.5 Å². The predicted octanol–water partition coefficient (Wildman–Crippen LogP) is 1.97. The summed E-state index contributed by atoms with van der Waals surface area (Å²) in [6.45, 7) is -0.170. The van der Waals surface area contributed by atoms with Crippen molar-refractivity contribution in [1.29, 1.82) is 0 Å². The van der Waals surface area contributed by atoms with E-state index < -0.39 is 11.8 Å². The lowest BCUT2D eigenvalue weighted by Gasteiger charge is -2.16. The van der Waals surface area contributed by atoms with Gasteiger partial charge in [-0.05, 0) is 30.0 Å². The van der Waals surface area contributed by atoms with Crippen molar-refractivity contribution in [2.45, 2.75) is 0 Å². The maximum atomic E-state index is 13.0. The Morgan fingerprint density at radius 3 is 2.48 bits per heavy atom. The lowest BCUT2D eigenvalue weighted by atomic mass is 10.1. The van der Waals surface area contributed by atoms with Crippen LogP contribution in [0.5, 0.6) is 0 Å². The van der Waals surface area contributed by atoms with Crippen LogP contribution in [0, 0.1) is 0 Å². The van der Waals surface area contributed by atoms with E-state index in [-0.39, 0.29) is 28.1 Å². The fourth-order valence-corrected chi connectivity index (χ4v) is 3.77. The van der Waals surface area contributed by atoms with Crippen molar-refractivity contribution < 1.29 is 14.4 Å². The maximum absolute atomic E-state index is 13.0. The van der Waals surface area contributed by atoms with Crippen molar-refractivity contribution >= 4 is 51.6 Å². The van der Waals surface area contributed by atoms with Gasteiger partial charge in [-0.3, -0.25) is 19.3 Å². The van der Waals surface area contributed by atoms with Gasteiger partial charge in [-0.25, -0.2) is 0 Å². The first-order valence-corrected chi connectivity index (χ1v) is 8.93.